The van der Waals surface area contributed by atoms with Crippen molar-refractivity contribution < 1.29 is 9.90 Å². The van der Waals surface area contributed by atoms with E-state index < -0.39 is 0 Å². The molecule has 0 saturated heterocycles. The lowest BCUT2D eigenvalue weighted by Crippen LogP contribution is -2.57. The van der Waals surface area contributed by atoms with E-state index in [4.69, 9.17) is 4.98 Å². The van der Waals surface area contributed by atoms with Crippen LogP contribution in [0.25, 0.3) is 5.65 Å². The molecule has 0 aromatic carbocycles. The molecule has 0 radical (unpaired) electrons. The summed E-state index contributed by atoms with van der Waals surface area (Å²) in [5.41, 5.74) is 3.31. The fourth-order valence-corrected chi connectivity index (χ4v) is 8.28. The number of imidazole rings is 1. The molecule has 166 valence electrons. The standard InChI is InChI=1S/C25H34N4O2/c1-2-28(6-7-30)14-20-15-29-21(4-3-5-22(29)27-20)23(31)26-16-24-10-18-8-17-9-19(13-24)25(24,11-17)12-18/h3-5,15,17-19,30H,2,6-14,16H2,1H3,(H,26,31). The molecule has 4 fully saturated rings. The summed E-state index contributed by atoms with van der Waals surface area (Å²) < 4.78 is 1.93. The lowest BCUT2D eigenvalue weighted by atomic mass is 9.46. The lowest BCUT2D eigenvalue weighted by Gasteiger charge is -2.59. The van der Waals surface area contributed by atoms with Crippen LogP contribution in [0.1, 0.15) is 61.6 Å². The molecule has 31 heavy (non-hydrogen) atoms. The number of amides is 1. The molecular weight excluding hydrogens is 388 g/mol. The van der Waals surface area contributed by atoms with Crippen molar-refractivity contribution in [1.29, 1.82) is 0 Å². The zero-order chi connectivity index (χ0) is 21.2. The van der Waals surface area contributed by atoms with E-state index in [9.17, 15) is 9.90 Å². The zero-order valence-corrected chi connectivity index (χ0v) is 18.5. The van der Waals surface area contributed by atoms with Crippen molar-refractivity contribution >= 4 is 11.6 Å². The smallest absolute Gasteiger partial charge is 0.268 e. The van der Waals surface area contributed by atoms with E-state index in [-0.39, 0.29) is 12.5 Å². The first-order valence-electron chi connectivity index (χ1n) is 12.1. The van der Waals surface area contributed by atoms with Crippen molar-refractivity contribution in [1.82, 2.24) is 19.6 Å². The van der Waals surface area contributed by atoms with Gasteiger partial charge in [-0.3, -0.25) is 14.1 Å². The Morgan fingerprint density at radius 3 is 2.97 bits per heavy atom. The van der Waals surface area contributed by atoms with E-state index in [0.717, 1.165) is 42.2 Å². The van der Waals surface area contributed by atoms with Gasteiger partial charge in [0.2, 0.25) is 0 Å². The fourth-order valence-electron chi connectivity index (χ4n) is 8.28. The second kappa shape index (κ2) is 7.04. The Morgan fingerprint density at radius 2 is 2.13 bits per heavy atom. The van der Waals surface area contributed by atoms with Gasteiger partial charge in [-0.25, -0.2) is 4.98 Å². The maximum absolute atomic E-state index is 13.3. The van der Waals surface area contributed by atoms with Crippen molar-refractivity contribution in [2.24, 2.45) is 28.6 Å². The maximum Gasteiger partial charge on any atom is 0.268 e. The molecule has 0 aliphatic heterocycles. The first-order chi connectivity index (χ1) is 15.1. The Bertz CT molecular complexity index is 1010. The quantitative estimate of drug-likeness (QED) is 0.686. The molecule has 2 heterocycles. The predicted octanol–water partition coefficient (Wildman–Crippen LogP) is 3.09. The van der Waals surface area contributed by atoms with Crippen LogP contribution < -0.4 is 5.32 Å². The molecule has 1 amide bonds. The van der Waals surface area contributed by atoms with Gasteiger partial charge in [-0.05, 0) is 85.8 Å². The van der Waals surface area contributed by atoms with Gasteiger partial charge in [-0.2, -0.15) is 0 Å². The molecule has 1 spiro atoms. The minimum atomic E-state index is 0.0162. The molecule has 6 nitrogen and oxygen atoms in total. The summed E-state index contributed by atoms with van der Waals surface area (Å²) in [7, 11) is 0. The Balaban J connectivity index is 1.19. The van der Waals surface area contributed by atoms with Crippen LogP contribution in [0.3, 0.4) is 0 Å². The van der Waals surface area contributed by atoms with Gasteiger partial charge >= 0.3 is 0 Å². The lowest BCUT2D eigenvalue weighted by molar-refractivity contribution is -0.0960. The maximum atomic E-state index is 13.3. The predicted molar refractivity (Wildman–Crippen MR) is 119 cm³/mol. The van der Waals surface area contributed by atoms with E-state index in [1.54, 1.807) is 0 Å². The molecule has 4 aliphatic rings. The van der Waals surface area contributed by atoms with Gasteiger partial charge in [0.25, 0.3) is 5.91 Å². The average molecular weight is 423 g/mol. The molecule has 5 unspecified atom stereocenters. The number of pyridine rings is 1. The largest absolute Gasteiger partial charge is 0.395 e. The molecular formula is C25H34N4O2. The van der Waals surface area contributed by atoms with E-state index in [2.05, 4.69) is 17.1 Å². The fraction of sp³-hybridized carbons (Fsp3) is 0.680. The summed E-state index contributed by atoms with van der Waals surface area (Å²) in [6.07, 6.45) is 10.4. The SMILES string of the molecule is CCN(CCO)Cc1cn2c(C(=O)NCC34CC5CC6CC(C3)C4(C6)C5)cccc2n1. The summed E-state index contributed by atoms with van der Waals surface area (Å²) in [4.78, 5) is 20.1. The number of carbonyl (C=O) groups is 1. The molecule has 4 saturated carbocycles. The minimum Gasteiger partial charge on any atom is -0.395 e. The number of hydrogen-bond donors (Lipinski definition) is 2. The van der Waals surface area contributed by atoms with Gasteiger partial charge in [0.15, 0.2) is 0 Å². The van der Waals surface area contributed by atoms with Crippen LogP contribution in [-0.4, -0.2) is 51.5 Å². The summed E-state index contributed by atoms with van der Waals surface area (Å²) in [6, 6.07) is 5.78. The summed E-state index contributed by atoms with van der Waals surface area (Å²) >= 11 is 0. The Hall–Kier alpha value is -1.92. The molecule has 6 rings (SSSR count). The number of nitrogens with zero attached hydrogens (tertiary/aromatic N) is 3. The van der Waals surface area contributed by atoms with Crippen LogP contribution in [0.4, 0.5) is 0 Å². The third-order valence-corrected chi connectivity index (χ3v) is 9.36. The highest BCUT2D eigenvalue weighted by molar-refractivity contribution is 5.93. The highest BCUT2D eigenvalue weighted by atomic mass is 16.3. The first kappa shape index (κ1) is 19.7. The van der Waals surface area contributed by atoms with E-state index >= 15 is 0 Å². The third kappa shape index (κ3) is 2.83. The average Bonchev–Trinajstić information content (AvgIpc) is 3.31. The van der Waals surface area contributed by atoms with Gasteiger partial charge in [0.1, 0.15) is 11.3 Å². The molecule has 6 heteroatoms. The number of likely N-dealkylation sites (N-methyl/N-ethyl adjacent to an activating group) is 1. The van der Waals surface area contributed by atoms with E-state index in [1.807, 2.05) is 28.8 Å². The zero-order valence-electron chi connectivity index (χ0n) is 18.5. The summed E-state index contributed by atoms with van der Waals surface area (Å²) in [5.74, 6) is 2.82. The number of carbonyl (C=O) groups excluding carboxylic acids is 1. The second-order valence-corrected chi connectivity index (χ2v) is 10.8. The molecule has 2 N–H and O–H groups in total. The van der Waals surface area contributed by atoms with E-state index in [0.29, 0.717) is 29.6 Å². The molecule has 2 aromatic rings. The number of hydrogen-bond acceptors (Lipinski definition) is 4. The topological polar surface area (TPSA) is 69.9 Å². The number of aliphatic hydroxyl groups excluding tert-OH is 1. The summed E-state index contributed by atoms with van der Waals surface area (Å²) in [5, 5.41) is 12.6. The number of fused-ring (bicyclic) bond motifs is 3. The Morgan fingerprint density at radius 1 is 1.26 bits per heavy atom. The first-order valence-corrected chi connectivity index (χ1v) is 12.1. The van der Waals surface area contributed by atoms with Gasteiger partial charge < -0.3 is 10.4 Å². The van der Waals surface area contributed by atoms with Crippen molar-refractivity contribution in [2.45, 2.75) is 52.0 Å². The number of nitrogens with one attached hydrogen (secondary N) is 1. The second-order valence-electron chi connectivity index (χ2n) is 10.8. The van der Waals surface area contributed by atoms with Crippen LogP contribution in [0.2, 0.25) is 0 Å². The van der Waals surface area contributed by atoms with Crippen LogP contribution in [0.5, 0.6) is 0 Å². The van der Waals surface area contributed by atoms with Crippen molar-refractivity contribution in [3.05, 3.63) is 35.8 Å². The number of aliphatic hydroxyl groups is 1. The number of aromatic nitrogens is 2. The van der Waals surface area contributed by atoms with Gasteiger partial charge in [0.05, 0.1) is 12.3 Å². The highest BCUT2D eigenvalue weighted by Gasteiger charge is 2.73. The van der Waals surface area contributed by atoms with Crippen LogP contribution in [-0.2, 0) is 6.54 Å². The van der Waals surface area contributed by atoms with E-state index in [1.165, 1.54) is 38.5 Å². The Labute approximate surface area is 184 Å². The molecule has 2 aromatic heterocycles. The number of rotatable bonds is 8. The van der Waals surface area contributed by atoms with Crippen LogP contribution in [0, 0.1) is 28.6 Å². The van der Waals surface area contributed by atoms with Gasteiger partial charge in [-0.1, -0.05) is 13.0 Å². The van der Waals surface area contributed by atoms with Gasteiger partial charge in [0, 0.05) is 25.8 Å². The minimum absolute atomic E-state index is 0.0162. The monoisotopic (exact) mass is 422 g/mol. The van der Waals surface area contributed by atoms with Crippen LogP contribution in [0.15, 0.2) is 24.4 Å². The van der Waals surface area contributed by atoms with Crippen molar-refractivity contribution in [3.63, 3.8) is 0 Å². The highest BCUT2D eigenvalue weighted by Crippen LogP contribution is 2.80. The Kier molecular flexibility index (Phi) is 4.48. The summed E-state index contributed by atoms with van der Waals surface area (Å²) in [6.45, 7) is 5.22. The van der Waals surface area contributed by atoms with Crippen LogP contribution >= 0.6 is 0 Å². The molecule has 4 aliphatic carbocycles. The van der Waals surface area contributed by atoms with Crippen molar-refractivity contribution in [3.8, 4) is 0 Å². The molecule has 5 atom stereocenters. The molecule has 3 bridgehead atoms. The van der Waals surface area contributed by atoms with Crippen molar-refractivity contribution in [2.75, 3.05) is 26.2 Å². The third-order valence-electron chi connectivity index (χ3n) is 9.36. The van der Waals surface area contributed by atoms with Gasteiger partial charge in [-0.15, -0.1) is 0 Å². The normalized spacial score (nSPS) is 35.0.